The molecule has 0 aliphatic carbocycles. The Bertz CT molecular complexity index is 1180. The Morgan fingerprint density at radius 1 is 0.492 bits per heavy atom. The van der Waals surface area contributed by atoms with E-state index in [4.69, 9.17) is 14.2 Å². The highest BCUT2D eigenvalue weighted by atomic mass is 16.6. The molecule has 0 aliphatic heterocycles. The van der Waals surface area contributed by atoms with Crippen molar-refractivity contribution in [2.45, 2.75) is 219 Å². The van der Waals surface area contributed by atoms with Gasteiger partial charge >= 0.3 is 17.9 Å². The van der Waals surface area contributed by atoms with E-state index in [-0.39, 0.29) is 36.2 Å². The number of carbonyl (C=O) groups excluding carboxylic acids is 2. The van der Waals surface area contributed by atoms with Crippen LogP contribution >= 0.6 is 0 Å². The van der Waals surface area contributed by atoms with E-state index < -0.39 is 18.1 Å². The molecule has 0 heterocycles. The molecule has 0 fully saturated rings. The fourth-order valence-corrected chi connectivity index (χ4v) is 7.18. The largest absolute Gasteiger partial charge is 0.477 e. The Balaban J connectivity index is 4.31. The van der Waals surface area contributed by atoms with Gasteiger partial charge in [-0.15, -0.1) is 0 Å². The molecule has 0 aliphatic rings. The van der Waals surface area contributed by atoms with Crippen LogP contribution in [0.25, 0.3) is 0 Å². The van der Waals surface area contributed by atoms with Gasteiger partial charge in [-0.05, 0) is 32.1 Å². The van der Waals surface area contributed by atoms with Crippen LogP contribution in [0.2, 0.25) is 0 Å². The summed E-state index contributed by atoms with van der Waals surface area (Å²) in [6.45, 7) is 4.64. The molecular formula is C53H94NO7+. The molecule has 8 heteroatoms. The van der Waals surface area contributed by atoms with E-state index in [1.54, 1.807) is 0 Å². The van der Waals surface area contributed by atoms with Crippen LogP contribution in [0.15, 0.2) is 60.8 Å². The van der Waals surface area contributed by atoms with E-state index >= 15 is 0 Å². The van der Waals surface area contributed by atoms with Crippen LogP contribution in [0.1, 0.15) is 206 Å². The van der Waals surface area contributed by atoms with Gasteiger partial charge in [0, 0.05) is 19.3 Å². The minimum atomic E-state index is -0.880. The van der Waals surface area contributed by atoms with Crippen molar-refractivity contribution in [3.8, 4) is 0 Å². The molecule has 0 radical (unpaired) electrons. The number of aliphatic carboxylic acids is 1. The van der Waals surface area contributed by atoms with Crippen molar-refractivity contribution >= 4 is 17.9 Å². The molecule has 0 aromatic heterocycles. The molecular weight excluding hydrogens is 763 g/mol. The normalized spacial score (nSPS) is 13.4. The number of hydrogen-bond acceptors (Lipinski definition) is 6. The van der Waals surface area contributed by atoms with E-state index in [1.807, 2.05) is 57.6 Å². The van der Waals surface area contributed by atoms with Crippen molar-refractivity contribution in [3.05, 3.63) is 60.8 Å². The number of carbonyl (C=O) groups is 3. The number of quaternary nitrogens is 1. The minimum Gasteiger partial charge on any atom is -0.477 e. The maximum absolute atomic E-state index is 12.8. The van der Waals surface area contributed by atoms with E-state index in [9.17, 15) is 19.5 Å². The van der Waals surface area contributed by atoms with Gasteiger partial charge in [0.25, 0.3) is 0 Å². The molecule has 2 atom stereocenters. The maximum atomic E-state index is 12.8. The van der Waals surface area contributed by atoms with Gasteiger partial charge in [-0.2, -0.15) is 0 Å². The van der Waals surface area contributed by atoms with Crippen LogP contribution < -0.4 is 0 Å². The summed E-state index contributed by atoms with van der Waals surface area (Å²) >= 11 is 0. The van der Waals surface area contributed by atoms with Crippen molar-refractivity contribution in [2.75, 3.05) is 41.0 Å². The van der Waals surface area contributed by atoms with Crippen molar-refractivity contribution in [3.63, 3.8) is 0 Å². The highest BCUT2D eigenvalue weighted by Gasteiger charge is 2.31. The number of unbranched alkanes of at least 4 members (excludes halogenated alkanes) is 24. The Kier molecular flexibility index (Phi) is 41.5. The summed E-state index contributed by atoms with van der Waals surface area (Å²) in [4.78, 5) is 37.1. The summed E-state index contributed by atoms with van der Waals surface area (Å²) in [7, 11) is 5.52. The highest BCUT2D eigenvalue weighted by Crippen LogP contribution is 2.16. The fraction of sp³-hybridized carbons (Fsp3) is 0.755. The van der Waals surface area contributed by atoms with E-state index in [2.05, 4.69) is 38.2 Å². The summed E-state index contributed by atoms with van der Waals surface area (Å²) in [5, 5.41) is 9.64. The van der Waals surface area contributed by atoms with Gasteiger partial charge in [-0.3, -0.25) is 9.59 Å². The van der Waals surface area contributed by atoms with Crippen LogP contribution in [0.3, 0.4) is 0 Å². The number of carboxylic acid groups (broad SMARTS) is 1. The van der Waals surface area contributed by atoms with Crippen LogP contribution in [-0.2, 0) is 28.6 Å². The number of nitrogens with zero attached hydrogens (tertiary/aromatic N) is 1. The van der Waals surface area contributed by atoms with E-state index in [0.717, 1.165) is 64.2 Å². The van der Waals surface area contributed by atoms with Gasteiger partial charge in [0.05, 0.1) is 34.4 Å². The highest BCUT2D eigenvalue weighted by molar-refractivity contribution is 5.72. The third-order valence-corrected chi connectivity index (χ3v) is 11.0. The summed E-state index contributed by atoms with van der Waals surface area (Å²) in [5.41, 5.74) is 0. The standard InChI is InChI=1S/C53H93NO7/c1-6-8-10-12-14-16-18-20-22-24-26-28-29-31-33-35-37-39-41-43-51(55)60-48-49(47-59-46-45-50(53(57)58)54(3,4)5)61-52(56)44-42-40-38-36-34-32-30-27-25-23-21-19-17-15-13-11-9-7-2/h11,13,15,17,19,21,23,25,27,30,49-50H,6-10,12,14,16,18,20,22,24,26,28-29,31-48H2,1-5H3/p+1/b13-11+,17-15+,21-19+,25-23+,30-27+. The van der Waals surface area contributed by atoms with Crippen molar-refractivity contribution in [1.82, 2.24) is 0 Å². The van der Waals surface area contributed by atoms with Gasteiger partial charge in [0.2, 0.25) is 0 Å². The van der Waals surface area contributed by atoms with Gasteiger partial charge in [-0.25, -0.2) is 4.79 Å². The second kappa shape index (κ2) is 43.7. The van der Waals surface area contributed by atoms with Crippen LogP contribution in [0.5, 0.6) is 0 Å². The smallest absolute Gasteiger partial charge is 0.362 e. The second-order valence-electron chi connectivity index (χ2n) is 17.8. The molecule has 0 spiro atoms. The molecule has 352 valence electrons. The lowest BCUT2D eigenvalue weighted by Gasteiger charge is -2.31. The first-order chi connectivity index (χ1) is 29.6. The van der Waals surface area contributed by atoms with Crippen molar-refractivity contribution < 1.29 is 38.2 Å². The zero-order chi connectivity index (χ0) is 44.9. The average Bonchev–Trinajstić information content (AvgIpc) is 3.22. The molecule has 1 N–H and O–H groups in total. The number of likely N-dealkylation sites (N-methyl/N-ethyl adjacent to an activating group) is 1. The molecule has 0 bridgehead atoms. The molecule has 61 heavy (non-hydrogen) atoms. The first-order valence-electron chi connectivity index (χ1n) is 24.9. The van der Waals surface area contributed by atoms with Crippen molar-refractivity contribution in [1.29, 1.82) is 0 Å². The number of hydrogen-bond donors (Lipinski definition) is 1. The predicted octanol–water partition coefficient (Wildman–Crippen LogP) is 14.1. The number of allylic oxidation sites excluding steroid dienone is 10. The number of esters is 2. The predicted molar refractivity (Wildman–Crippen MR) is 257 cm³/mol. The van der Waals surface area contributed by atoms with Crippen LogP contribution in [-0.4, -0.2) is 80.6 Å². The molecule has 2 unspecified atom stereocenters. The first kappa shape index (κ1) is 58.0. The Morgan fingerprint density at radius 2 is 0.902 bits per heavy atom. The molecule has 0 rings (SSSR count). The van der Waals surface area contributed by atoms with E-state index in [1.165, 1.54) is 109 Å². The third-order valence-electron chi connectivity index (χ3n) is 11.0. The first-order valence-corrected chi connectivity index (χ1v) is 24.9. The quantitative estimate of drug-likeness (QED) is 0.0282. The number of carboxylic acids is 1. The lowest BCUT2D eigenvalue weighted by molar-refractivity contribution is -0.887. The topological polar surface area (TPSA) is 99.1 Å². The fourth-order valence-electron chi connectivity index (χ4n) is 7.18. The van der Waals surface area contributed by atoms with E-state index in [0.29, 0.717) is 19.3 Å². The second-order valence-corrected chi connectivity index (χ2v) is 17.8. The zero-order valence-electron chi connectivity index (χ0n) is 40.1. The molecule has 0 saturated carbocycles. The van der Waals surface area contributed by atoms with Gasteiger partial charge in [0.15, 0.2) is 12.1 Å². The van der Waals surface area contributed by atoms with Gasteiger partial charge in [0.1, 0.15) is 6.61 Å². The van der Waals surface area contributed by atoms with Gasteiger partial charge in [-0.1, -0.05) is 216 Å². The molecule has 0 aromatic carbocycles. The SMILES string of the molecule is CCC/C=C/C=C/C=C/C=C/C=C/CCCCCCCC(=O)OC(COCCC(C(=O)O)[N+](C)(C)C)COC(=O)CCCCCCCCCCCCCCCCCCCCC. The maximum Gasteiger partial charge on any atom is 0.362 e. The lowest BCUT2D eigenvalue weighted by Crippen LogP contribution is -2.50. The summed E-state index contributed by atoms with van der Waals surface area (Å²) in [6, 6.07) is -0.621. The summed E-state index contributed by atoms with van der Waals surface area (Å²) < 4.78 is 17.3. The number of rotatable bonds is 44. The molecule has 0 aromatic rings. The van der Waals surface area contributed by atoms with Gasteiger partial charge < -0.3 is 23.8 Å². The Morgan fingerprint density at radius 3 is 1.34 bits per heavy atom. The zero-order valence-corrected chi connectivity index (χ0v) is 40.1. The molecule has 0 saturated heterocycles. The lowest BCUT2D eigenvalue weighted by atomic mass is 10.0. The average molecular weight is 857 g/mol. The minimum absolute atomic E-state index is 0.0501. The molecule has 0 amide bonds. The summed E-state index contributed by atoms with van der Waals surface area (Å²) in [6.07, 6.45) is 54.0. The van der Waals surface area contributed by atoms with Crippen LogP contribution in [0.4, 0.5) is 0 Å². The number of ether oxygens (including phenoxy) is 3. The summed E-state index contributed by atoms with van der Waals surface area (Å²) in [5.74, 6) is -1.49. The Labute approximate surface area is 375 Å². The third kappa shape index (κ3) is 42.1. The monoisotopic (exact) mass is 857 g/mol. The van der Waals surface area contributed by atoms with Crippen molar-refractivity contribution in [2.24, 2.45) is 0 Å². The van der Waals surface area contributed by atoms with Crippen LogP contribution in [0, 0.1) is 0 Å². The Hall–Kier alpha value is -2.97. The molecule has 8 nitrogen and oxygen atoms in total.